The van der Waals surface area contributed by atoms with E-state index in [9.17, 15) is 18.0 Å². The van der Waals surface area contributed by atoms with Crippen LogP contribution in [0, 0.1) is 5.92 Å². The summed E-state index contributed by atoms with van der Waals surface area (Å²) in [6, 6.07) is 22.6. The van der Waals surface area contributed by atoms with Crippen molar-refractivity contribution in [1.29, 1.82) is 0 Å². The number of hydrogen-bond donors (Lipinski definition) is 0. The summed E-state index contributed by atoms with van der Waals surface area (Å²) in [6.07, 6.45) is 0. The summed E-state index contributed by atoms with van der Waals surface area (Å²) in [7, 11) is -4.34. The van der Waals surface area contributed by atoms with Crippen LogP contribution >= 0.6 is 0 Å². The van der Waals surface area contributed by atoms with Gasteiger partial charge in [-0.15, -0.1) is 0 Å². The second-order valence-electron chi connectivity index (χ2n) is 10.3. The standard InChI is InChI=1S/C30H35NO7S/c1-22(2)28(29(33)36-21-23-12-8-6-9-13-23)31(20-27(32)38-30(3,4)5)39(34,35)26-18-16-25(17-19-26)37-24-14-10-7-11-15-24/h6-19,22,28H,20-21H2,1-5H3/t28-/m1/s1. The van der Waals surface area contributed by atoms with Gasteiger partial charge in [0.05, 0.1) is 4.90 Å². The Morgan fingerprint density at radius 2 is 1.36 bits per heavy atom. The first-order chi connectivity index (χ1) is 18.4. The van der Waals surface area contributed by atoms with E-state index in [1.165, 1.54) is 24.3 Å². The van der Waals surface area contributed by atoms with Crippen LogP contribution in [0.1, 0.15) is 40.2 Å². The molecular formula is C30H35NO7S. The Balaban J connectivity index is 1.91. The topological polar surface area (TPSA) is 99.2 Å². The van der Waals surface area contributed by atoms with Crippen molar-refractivity contribution >= 4 is 22.0 Å². The summed E-state index contributed by atoms with van der Waals surface area (Å²) in [5.41, 5.74) is -0.0895. The summed E-state index contributed by atoms with van der Waals surface area (Å²) in [6.45, 7) is 7.75. The van der Waals surface area contributed by atoms with Crippen molar-refractivity contribution in [1.82, 2.24) is 4.31 Å². The minimum Gasteiger partial charge on any atom is -0.460 e. The van der Waals surface area contributed by atoms with Gasteiger partial charge in [-0.2, -0.15) is 4.31 Å². The lowest BCUT2D eigenvalue weighted by Gasteiger charge is -2.32. The van der Waals surface area contributed by atoms with Crippen molar-refractivity contribution in [3.8, 4) is 11.5 Å². The molecule has 0 heterocycles. The fourth-order valence-electron chi connectivity index (χ4n) is 3.81. The van der Waals surface area contributed by atoms with Gasteiger partial charge < -0.3 is 14.2 Å². The third-order valence-electron chi connectivity index (χ3n) is 5.52. The predicted molar refractivity (Wildman–Crippen MR) is 148 cm³/mol. The molecule has 0 amide bonds. The molecule has 0 aliphatic heterocycles. The van der Waals surface area contributed by atoms with E-state index in [1.807, 2.05) is 36.4 Å². The number of carbonyl (C=O) groups excluding carboxylic acids is 2. The summed E-state index contributed by atoms with van der Waals surface area (Å²) in [5, 5.41) is 0. The fourth-order valence-corrected chi connectivity index (χ4v) is 5.46. The number of carbonyl (C=O) groups is 2. The molecule has 0 fully saturated rings. The van der Waals surface area contributed by atoms with Gasteiger partial charge in [-0.25, -0.2) is 8.42 Å². The van der Waals surface area contributed by atoms with E-state index in [1.54, 1.807) is 58.9 Å². The van der Waals surface area contributed by atoms with Crippen molar-refractivity contribution in [2.24, 2.45) is 5.92 Å². The van der Waals surface area contributed by atoms with E-state index in [0.29, 0.717) is 11.5 Å². The van der Waals surface area contributed by atoms with Crippen LogP contribution in [-0.2, 0) is 35.7 Å². The number of nitrogens with zero attached hydrogens (tertiary/aromatic N) is 1. The Hall–Kier alpha value is -3.69. The Bertz CT molecular complexity index is 1330. The van der Waals surface area contributed by atoms with Gasteiger partial charge in [-0.3, -0.25) is 9.59 Å². The predicted octanol–water partition coefficient (Wildman–Crippen LogP) is 5.58. The molecule has 0 saturated carbocycles. The normalized spacial score (nSPS) is 12.7. The highest BCUT2D eigenvalue weighted by Crippen LogP contribution is 2.27. The highest BCUT2D eigenvalue weighted by Gasteiger charge is 2.41. The Kier molecular flexibility index (Phi) is 9.88. The van der Waals surface area contributed by atoms with Crippen molar-refractivity contribution in [3.05, 3.63) is 90.5 Å². The lowest BCUT2D eigenvalue weighted by molar-refractivity contribution is -0.158. The van der Waals surface area contributed by atoms with Crippen LogP contribution < -0.4 is 4.74 Å². The lowest BCUT2D eigenvalue weighted by atomic mass is 10.0. The van der Waals surface area contributed by atoms with Gasteiger partial charge in [0.15, 0.2) is 0 Å². The van der Waals surface area contributed by atoms with Gasteiger partial charge >= 0.3 is 11.9 Å². The largest absolute Gasteiger partial charge is 0.460 e. The zero-order chi connectivity index (χ0) is 28.6. The zero-order valence-electron chi connectivity index (χ0n) is 22.9. The molecule has 0 bridgehead atoms. The first-order valence-electron chi connectivity index (χ1n) is 12.6. The van der Waals surface area contributed by atoms with E-state index in [4.69, 9.17) is 14.2 Å². The minimum absolute atomic E-state index is 0.0330. The van der Waals surface area contributed by atoms with Crippen molar-refractivity contribution in [3.63, 3.8) is 0 Å². The molecule has 0 aliphatic rings. The fraction of sp³-hybridized carbons (Fsp3) is 0.333. The number of hydrogen-bond acceptors (Lipinski definition) is 7. The molecule has 0 radical (unpaired) electrons. The van der Waals surface area contributed by atoms with Crippen LogP contribution in [0.5, 0.6) is 11.5 Å². The quantitative estimate of drug-likeness (QED) is 0.286. The van der Waals surface area contributed by atoms with Gasteiger partial charge in [0, 0.05) is 0 Å². The molecule has 3 aromatic rings. The second-order valence-corrected chi connectivity index (χ2v) is 12.2. The SMILES string of the molecule is CC(C)[C@H](C(=O)OCc1ccccc1)N(CC(=O)OC(C)(C)C)S(=O)(=O)c1ccc(Oc2ccccc2)cc1. The molecule has 208 valence electrons. The average Bonchev–Trinajstić information content (AvgIpc) is 2.87. The van der Waals surface area contributed by atoms with Crippen molar-refractivity contribution in [2.75, 3.05) is 6.54 Å². The van der Waals surface area contributed by atoms with Crippen molar-refractivity contribution < 1.29 is 32.2 Å². The number of para-hydroxylation sites is 1. The number of sulfonamides is 1. The van der Waals surface area contributed by atoms with Gasteiger partial charge in [0.1, 0.15) is 36.3 Å². The molecule has 0 N–H and O–H groups in total. The molecule has 39 heavy (non-hydrogen) atoms. The van der Waals surface area contributed by atoms with Crippen LogP contribution in [0.2, 0.25) is 0 Å². The van der Waals surface area contributed by atoms with Crippen LogP contribution in [0.3, 0.4) is 0 Å². The molecule has 0 unspecified atom stereocenters. The third kappa shape index (κ3) is 8.66. The number of benzene rings is 3. The van der Waals surface area contributed by atoms with Crippen LogP contribution in [-0.4, -0.2) is 42.8 Å². The van der Waals surface area contributed by atoms with Gasteiger partial charge in [0.25, 0.3) is 0 Å². The highest BCUT2D eigenvalue weighted by molar-refractivity contribution is 7.89. The molecule has 8 nitrogen and oxygen atoms in total. The maximum atomic E-state index is 13.9. The van der Waals surface area contributed by atoms with Crippen LogP contribution in [0.15, 0.2) is 89.8 Å². The number of rotatable bonds is 11. The smallest absolute Gasteiger partial charge is 0.325 e. The van der Waals surface area contributed by atoms with E-state index in [2.05, 4.69) is 0 Å². The zero-order valence-corrected chi connectivity index (χ0v) is 23.7. The van der Waals surface area contributed by atoms with E-state index < -0.39 is 46.1 Å². The molecular weight excluding hydrogens is 518 g/mol. The summed E-state index contributed by atoms with van der Waals surface area (Å²) < 4.78 is 45.3. The van der Waals surface area contributed by atoms with Gasteiger partial charge in [-0.05, 0) is 68.7 Å². The second kappa shape index (κ2) is 12.9. The number of ether oxygens (including phenoxy) is 3. The molecule has 3 rings (SSSR count). The van der Waals surface area contributed by atoms with E-state index >= 15 is 0 Å². The highest BCUT2D eigenvalue weighted by atomic mass is 32.2. The first-order valence-corrected chi connectivity index (χ1v) is 14.1. The Labute approximate surface area is 230 Å². The average molecular weight is 554 g/mol. The lowest BCUT2D eigenvalue weighted by Crippen LogP contribution is -2.51. The van der Waals surface area contributed by atoms with Gasteiger partial charge in [0.2, 0.25) is 10.0 Å². The summed E-state index contributed by atoms with van der Waals surface area (Å²) in [5.74, 6) is -1.02. The maximum Gasteiger partial charge on any atom is 0.325 e. The molecule has 3 aromatic carbocycles. The van der Waals surface area contributed by atoms with Gasteiger partial charge in [-0.1, -0.05) is 62.4 Å². The van der Waals surface area contributed by atoms with Crippen LogP contribution in [0.25, 0.3) is 0 Å². The van der Waals surface area contributed by atoms with E-state index in [-0.39, 0.29) is 11.5 Å². The van der Waals surface area contributed by atoms with Crippen molar-refractivity contribution in [2.45, 2.75) is 57.8 Å². The molecule has 0 spiro atoms. The Morgan fingerprint density at radius 3 is 1.90 bits per heavy atom. The number of esters is 2. The van der Waals surface area contributed by atoms with Crippen LogP contribution in [0.4, 0.5) is 0 Å². The first kappa shape index (κ1) is 29.9. The molecule has 1 atom stereocenters. The maximum absolute atomic E-state index is 13.9. The molecule has 0 aromatic heterocycles. The molecule has 9 heteroatoms. The third-order valence-corrected chi connectivity index (χ3v) is 7.36. The summed E-state index contributed by atoms with van der Waals surface area (Å²) >= 11 is 0. The Morgan fingerprint density at radius 1 is 0.821 bits per heavy atom. The summed E-state index contributed by atoms with van der Waals surface area (Å²) in [4.78, 5) is 26.0. The monoisotopic (exact) mass is 553 g/mol. The molecule has 0 aliphatic carbocycles. The minimum atomic E-state index is -4.34. The van der Waals surface area contributed by atoms with E-state index in [0.717, 1.165) is 9.87 Å². The molecule has 0 saturated heterocycles.